The second kappa shape index (κ2) is 8.68. The fourth-order valence-corrected chi connectivity index (χ4v) is 2.20. The Morgan fingerprint density at radius 2 is 1.83 bits per heavy atom. The summed E-state index contributed by atoms with van der Waals surface area (Å²) in [7, 11) is 0. The van der Waals surface area contributed by atoms with Crippen LogP contribution >= 0.6 is 34.8 Å². The third kappa shape index (κ3) is 5.53. The molecule has 2 N–H and O–H groups in total. The van der Waals surface area contributed by atoms with Crippen LogP contribution in [-0.4, -0.2) is 24.6 Å². The lowest BCUT2D eigenvalue weighted by molar-refractivity contribution is -0.120. The maximum Gasteiger partial charge on any atom is 0.259 e. The zero-order valence-electron chi connectivity index (χ0n) is 12.2. The largest absolute Gasteiger partial charge is 0.343 e. The van der Waals surface area contributed by atoms with E-state index in [9.17, 15) is 9.59 Å². The number of carbonyl (C=O) groups is 2. The number of nitrogens with zero attached hydrogens (tertiary/aromatic N) is 1. The van der Waals surface area contributed by atoms with E-state index in [1.54, 1.807) is 24.3 Å². The summed E-state index contributed by atoms with van der Waals surface area (Å²) in [6.45, 7) is -0.230. The van der Waals surface area contributed by atoms with Crippen LogP contribution in [0.2, 0.25) is 15.1 Å². The van der Waals surface area contributed by atoms with E-state index >= 15 is 0 Å². The van der Waals surface area contributed by atoms with Gasteiger partial charge in [-0.25, -0.2) is 5.43 Å². The van der Waals surface area contributed by atoms with Crippen molar-refractivity contribution in [3.63, 3.8) is 0 Å². The molecule has 2 rings (SSSR count). The fraction of sp³-hybridized carbons (Fsp3) is 0.0625. The molecule has 8 heteroatoms. The SMILES string of the molecule is O=C(CNC(=O)c1ccc(Cl)c(Cl)c1)N/N=C/c1cccc(Cl)c1. The molecule has 2 aromatic carbocycles. The molecule has 2 aromatic rings. The monoisotopic (exact) mass is 383 g/mol. The van der Waals surface area contributed by atoms with Crippen molar-refractivity contribution in [3.05, 3.63) is 68.7 Å². The van der Waals surface area contributed by atoms with Gasteiger partial charge in [-0.1, -0.05) is 46.9 Å². The quantitative estimate of drug-likeness (QED) is 0.611. The Hall–Kier alpha value is -2.08. The number of rotatable bonds is 5. The molecule has 0 aliphatic rings. The molecule has 0 aromatic heterocycles. The van der Waals surface area contributed by atoms with Crippen LogP contribution in [-0.2, 0) is 4.79 Å². The lowest BCUT2D eigenvalue weighted by atomic mass is 10.2. The van der Waals surface area contributed by atoms with Crippen LogP contribution in [0, 0.1) is 0 Å². The first-order chi connectivity index (χ1) is 11.5. The van der Waals surface area contributed by atoms with Crippen LogP contribution < -0.4 is 10.7 Å². The highest BCUT2D eigenvalue weighted by atomic mass is 35.5. The van der Waals surface area contributed by atoms with E-state index in [1.807, 2.05) is 0 Å². The Morgan fingerprint density at radius 1 is 1.04 bits per heavy atom. The van der Waals surface area contributed by atoms with Crippen molar-refractivity contribution in [2.75, 3.05) is 6.54 Å². The summed E-state index contributed by atoms with van der Waals surface area (Å²) in [5.74, 6) is -0.913. The van der Waals surface area contributed by atoms with Gasteiger partial charge in [-0.05, 0) is 35.9 Å². The number of hydrazone groups is 1. The minimum atomic E-state index is -0.471. The maximum absolute atomic E-state index is 11.9. The number of amides is 2. The van der Waals surface area contributed by atoms with Crippen molar-refractivity contribution < 1.29 is 9.59 Å². The zero-order valence-corrected chi connectivity index (χ0v) is 14.5. The number of hydrogen-bond acceptors (Lipinski definition) is 3. The first-order valence-electron chi connectivity index (χ1n) is 6.76. The first kappa shape index (κ1) is 18.3. The molecule has 0 fully saturated rings. The molecule has 5 nitrogen and oxygen atoms in total. The van der Waals surface area contributed by atoms with Crippen molar-refractivity contribution >= 4 is 52.8 Å². The Balaban J connectivity index is 1.82. The van der Waals surface area contributed by atoms with Crippen LogP contribution in [0.4, 0.5) is 0 Å². The second-order valence-electron chi connectivity index (χ2n) is 4.66. The third-order valence-corrected chi connectivity index (χ3v) is 3.82. The van der Waals surface area contributed by atoms with Crippen LogP contribution in [0.25, 0.3) is 0 Å². The van der Waals surface area contributed by atoms with E-state index in [-0.39, 0.29) is 11.6 Å². The molecule has 0 spiro atoms. The van der Waals surface area contributed by atoms with E-state index in [0.29, 0.717) is 15.6 Å². The highest BCUT2D eigenvalue weighted by molar-refractivity contribution is 6.42. The fourth-order valence-electron chi connectivity index (χ4n) is 1.71. The van der Waals surface area contributed by atoms with Gasteiger partial charge < -0.3 is 5.32 Å². The summed E-state index contributed by atoms with van der Waals surface area (Å²) in [4.78, 5) is 23.5. The van der Waals surface area contributed by atoms with Crippen molar-refractivity contribution in [2.24, 2.45) is 5.10 Å². The Labute approximate surface area is 153 Å². The average Bonchev–Trinajstić information content (AvgIpc) is 2.55. The predicted octanol–water partition coefficient (Wildman–Crippen LogP) is 3.53. The summed E-state index contributed by atoms with van der Waals surface area (Å²) >= 11 is 17.5. The number of benzene rings is 2. The van der Waals surface area contributed by atoms with Gasteiger partial charge in [-0.3, -0.25) is 9.59 Å². The maximum atomic E-state index is 11.9. The summed E-state index contributed by atoms with van der Waals surface area (Å²) in [6, 6.07) is 11.4. The van der Waals surface area contributed by atoms with Gasteiger partial charge in [0.15, 0.2) is 0 Å². The summed E-state index contributed by atoms with van der Waals surface area (Å²) in [6.07, 6.45) is 1.45. The van der Waals surface area contributed by atoms with E-state index in [0.717, 1.165) is 5.56 Å². The summed E-state index contributed by atoms with van der Waals surface area (Å²) < 4.78 is 0. The minimum absolute atomic E-state index is 0.230. The molecule has 0 radical (unpaired) electrons. The Bertz CT molecular complexity index is 794. The molecule has 0 aliphatic heterocycles. The molecule has 2 amide bonds. The first-order valence-corrected chi connectivity index (χ1v) is 7.90. The van der Waals surface area contributed by atoms with E-state index in [4.69, 9.17) is 34.8 Å². The van der Waals surface area contributed by atoms with Crippen molar-refractivity contribution in [2.45, 2.75) is 0 Å². The molecule has 24 heavy (non-hydrogen) atoms. The number of nitrogens with one attached hydrogen (secondary N) is 2. The molecule has 0 saturated heterocycles. The van der Waals surface area contributed by atoms with Crippen LogP contribution in [0.15, 0.2) is 47.6 Å². The minimum Gasteiger partial charge on any atom is -0.343 e. The van der Waals surface area contributed by atoms with Gasteiger partial charge in [0.05, 0.1) is 22.8 Å². The lowest BCUT2D eigenvalue weighted by Crippen LogP contribution is -2.34. The van der Waals surface area contributed by atoms with Crippen LogP contribution in [0.5, 0.6) is 0 Å². The van der Waals surface area contributed by atoms with Gasteiger partial charge in [0.25, 0.3) is 11.8 Å². The van der Waals surface area contributed by atoms with Crippen LogP contribution in [0.1, 0.15) is 15.9 Å². The molecular formula is C16H12Cl3N3O2. The molecule has 124 valence electrons. The second-order valence-corrected chi connectivity index (χ2v) is 5.91. The zero-order chi connectivity index (χ0) is 17.5. The molecule has 0 unspecified atom stereocenters. The topological polar surface area (TPSA) is 70.6 Å². The van der Waals surface area contributed by atoms with E-state index < -0.39 is 11.8 Å². The van der Waals surface area contributed by atoms with Gasteiger partial charge >= 0.3 is 0 Å². The molecule has 0 atom stereocenters. The van der Waals surface area contributed by atoms with Gasteiger partial charge in [0.1, 0.15) is 0 Å². The van der Waals surface area contributed by atoms with Crippen LogP contribution in [0.3, 0.4) is 0 Å². The summed E-state index contributed by atoms with van der Waals surface area (Å²) in [5, 5.41) is 7.42. The third-order valence-electron chi connectivity index (χ3n) is 2.84. The molecule has 0 heterocycles. The molecule has 0 aliphatic carbocycles. The van der Waals surface area contributed by atoms with Crippen molar-refractivity contribution in [1.82, 2.24) is 10.7 Å². The standard InChI is InChI=1S/C16H12Cl3N3O2/c17-12-3-1-2-10(6-12)8-21-22-15(23)9-20-16(24)11-4-5-13(18)14(19)7-11/h1-8H,9H2,(H,20,24)(H,22,23)/b21-8+. The van der Waals surface area contributed by atoms with Gasteiger partial charge in [-0.15, -0.1) is 0 Å². The van der Waals surface area contributed by atoms with E-state index in [2.05, 4.69) is 15.8 Å². The lowest BCUT2D eigenvalue weighted by Gasteiger charge is -2.05. The van der Waals surface area contributed by atoms with E-state index in [1.165, 1.54) is 24.4 Å². The number of hydrogen-bond donors (Lipinski definition) is 2. The summed E-state index contributed by atoms with van der Waals surface area (Å²) in [5.41, 5.74) is 3.35. The number of carbonyl (C=O) groups excluding carboxylic acids is 2. The predicted molar refractivity (Wildman–Crippen MR) is 96.0 cm³/mol. The van der Waals surface area contributed by atoms with Crippen molar-refractivity contribution in [1.29, 1.82) is 0 Å². The molecule has 0 bridgehead atoms. The molecule has 0 saturated carbocycles. The normalized spacial score (nSPS) is 10.6. The highest BCUT2D eigenvalue weighted by Crippen LogP contribution is 2.22. The number of halogens is 3. The van der Waals surface area contributed by atoms with Gasteiger partial charge in [0.2, 0.25) is 0 Å². The average molecular weight is 385 g/mol. The Kier molecular flexibility index (Phi) is 6.61. The highest BCUT2D eigenvalue weighted by Gasteiger charge is 2.09. The smallest absolute Gasteiger partial charge is 0.259 e. The van der Waals surface area contributed by atoms with Gasteiger partial charge in [-0.2, -0.15) is 5.10 Å². The van der Waals surface area contributed by atoms with Crippen molar-refractivity contribution in [3.8, 4) is 0 Å². The molecular weight excluding hydrogens is 373 g/mol. The Morgan fingerprint density at radius 3 is 2.54 bits per heavy atom. The van der Waals surface area contributed by atoms with Gasteiger partial charge in [0, 0.05) is 10.6 Å².